The molecule has 24 heavy (non-hydrogen) atoms. The van der Waals surface area contributed by atoms with Crippen LogP contribution in [0.4, 0.5) is 5.13 Å². The van der Waals surface area contributed by atoms with Gasteiger partial charge in [0.05, 0.1) is 10.2 Å². The van der Waals surface area contributed by atoms with E-state index in [4.69, 9.17) is 0 Å². The Bertz CT molecular complexity index is 964. The average molecular weight is 370 g/mol. The van der Waals surface area contributed by atoms with Crippen LogP contribution >= 0.6 is 34.4 Å². The van der Waals surface area contributed by atoms with Crippen molar-refractivity contribution in [2.45, 2.75) is 8.68 Å². The van der Waals surface area contributed by atoms with Crippen LogP contribution in [0.5, 0.6) is 0 Å². The molecule has 118 valence electrons. The maximum Gasteiger partial charge on any atom is 0.257 e. The van der Waals surface area contributed by atoms with E-state index < -0.39 is 0 Å². The minimum atomic E-state index is -0.191. The molecule has 0 spiro atoms. The summed E-state index contributed by atoms with van der Waals surface area (Å²) in [5.74, 6) is -0.191. The largest absolute Gasteiger partial charge is 0.296 e. The number of benzene rings is 2. The fraction of sp³-hybridized carbons (Fsp3) is 0. The Balaban J connectivity index is 1.47. The van der Waals surface area contributed by atoms with Crippen LogP contribution in [-0.4, -0.2) is 21.1 Å². The Hall–Kier alpha value is -2.29. The Morgan fingerprint density at radius 2 is 1.71 bits per heavy atom. The standard InChI is InChI=1S/C16H10N4OS3/c21-13(10-6-2-1-3-7-10)18-14-19-20-16(23-14)24-15-17-11-8-4-5-9-12(11)22-15/h1-9H,(H,18,19,21). The number of hydrogen-bond acceptors (Lipinski definition) is 7. The van der Waals surface area contributed by atoms with Crippen LogP contribution in [0.3, 0.4) is 0 Å². The molecule has 0 aliphatic rings. The van der Waals surface area contributed by atoms with E-state index in [1.165, 1.54) is 23.1 Å². The molecule has 5 nitrogen and oxygen atoms in total. The zero-order valence-corrected chi connectivity index (χ0v) is 14.6. The van der Waals surface area contributed by atoms with Crippen molar-refractivity contribution in [1.29, 1.82) is 0 Å². The van der Waals surface area contributed by atoms with Crippen molar-refractivity contribution in [1.82, 2.24) is 15.2 Å². The lowest BCUT2D eigenvalue weighted by Gasteiger charge is -1.99. The maximum absolute atomic E-state index is 12.1. The second-order valence-electron chi connectivity index (χ2n) is 4.74. The van der Waals surface area contributed by atoms with E-state index in [0.717, 1.165) is 18.9 Å². The van der Waals surface area contributed by atoms with Gasteiger partial charge in [-0.15, -0.1) is 21.5 Å². The Morgan fingerprint density at radius 3 is 2.54 bits per heavy atom. The molecule has 4 aromatic rings. The van der Waals surface area contributed by atoms with Gasteiger partial charge < -0.3 is 0 Å². The number of nitrogens with zero attached hydrogens (tertiary/aromatic N) is 3. The van der Waals surface area contributed by atoms with E-state index in [1.54, 1.807) is 23.5 Å². The number of para-hydroxylation sites is 1. The van der Waals surface area contributed by atoms with Crippen LogP contribution in [0.2, 0.25) is 0 Å². The van der Waals surface area contributed by atoms with Crippen molar-refractivity contribution in [2.75, 3.05) is 5.32 Å². The first kappa shape index (κ1) is 15.3. The molecule has 0 bridgehead atoms. The summed E-state index contributed by atoms with van der Waals surface area (Å²) in [6, 6.07) is 17.0. The molecule has 0 atom stereocenters. The van der Waals surface area contributed by atoms with Crippen molar-refractivity contribution in [2.24, 2.45) is 0 Å². The number of rotatable bonds is 4. The fourth-order valence-electron chi connectivity index (χ4n) is 2.03. The molecule has 2 heterocycles. The molecule has 1 amide bonds. The average Bonchev–Trinajstić information content (AvgIpc) is 3.22. The van der Waals surface area contributed by atoms with Crippen LogP contribution < -0.4 is 5.32 Å². The summed E-state index contributed by atoms with van der Waals surface area (Å²) in [6.45, 7) is 0. The van der Waals surface area contributed by atoms with Crippen LogP contribution in [-0.2, 0) is 0 Å². The van der Waals surface area contributed by atoms with Gasteiger partial charge in [0.15, 0.2) is 8.68 Å². The molecule has 0 radical (unpaired) electrons. The van der Waals surface area contributed by atoms with Gasteiger partial charge in [0.2, 0.25) is 5.13 Å². The number of amides is 1. The molecular weight excluding hydrogens is 360 g/mol. The SMILES string of the molecule is O=C(Nc1nnc(Sc2nc3ccccc3s2)s1)c1ccccc1. The van der Waals surface area contributed by atoms with Crippen molar-refractivity contribution >= 4 is 55.7 Å². The van der Waals surface area contributed by atoms with Gasteiger partial charge in [-0.1, -0.05) is 41.7 Å². The molecule has 2 aromatic carbocycles. The van der Waals surface area contributed by atoms with Crippen LogP contribution in [0.15, 0.2) is 63.3 Å². The third-order valence-corrected chi connectivity index (χ3v) is 6.10. The topological polar surface area (TPSA) is 67.8 Å². The molecule has 0 aliphatic carbocycles. The van der Waals surface area contributed by atoms with Gasteiger partial charge in [-0.2, -0.15) is 0 Å². The summed E-state index contributed by atoms with van der Waals surface area (Å²) in [5, 5.41) is 11.4. The Kier molecular flexibility index (Phi) is 4.24. The van der Waals surface area contributed by atoms with Crippen LogP contribution in [0.25, 0.3) is 10.2 Å². The number of anilines is 1. The Labute approximate surface area is 149 Å². The van der Waals surface area contributed by atoms with Crippen molar-refractivity contribution in [3.8, 4) is 0 Å². The zero-order valence-electron chi connectivity index (χ0n) is 12.2. The monoisotopic (exact) mass is 370 g/mol. The van der Waals surface area contributed by atoms with Crippen molar-refractivity contribution in [3.05, 3.63) is 60.2 Å². The normalized spacial score (nSPS) is 10.8. The first-order valence-corrected chi connectivity index (χ1v) is 9.46. The summed E-state index contributed by atoms with van der Waals surface area (Å²) in [5.41, 5.74) is 1.57. The van der Waals surface area contributed by atoms with Gasteiger partial charge in [-0.05, 0) is 36.0 Å². The predicted octanol–water partition coefficient (Wildman–Crippen LogP) is 4.55. The highest BCUT2D eigenvalue weighted by atomic mass is 32.2. The molecular formula is C16H10N4OS3. The smallest absolute Gasteiger partial charge is 0.257 e. The van der Waals surface area contributed by atoms with Gasteiger partial charge in [0.25, 0.3) is 5.91 Å². The van der Waals surface area contributed by atoms with Crippen molar-refractivity contribution < 1.29 is 4.79 Å². The molecule has 0 unspecified atom stereocenters. The van der Waals surface area contributed by atoms with Crippen LogP contribution in [0.1, 0.15) is 10.4 Å². The van der Waals surface area contributed by atoms with E-state index >= 15 is 0 Å². The lowest BCUT2D eigenvalue weighted by molar-refractivity contribution is 0.102. The molecule has 1 N–H and O–H groups in total. The number of fused-ring (bicyclic) bond motifs is 1. The number of carbonyl (C=O) groups is 1. The number of hydrogen-bond donors (Lipinski definition) is 1. The highest BCUT2D eigenvalue weighted by Gasteiger charge is 2.12. The van der Waals surface area contributed by atoms with Crippen molar-refractivity contribution in [3.63, 3.8) is 0 Å². The summed E-state index contributed by atoms with van der Waals surface area (Å²) >= 11 is 4.41. The summed E-state index contributed by atoms with van der Waals surface area (Å²) in [7, 11) is 0. The first-order valence-electron chi connectivity index (χ1n) is 7.01. The lowest BCUT2D eigenvalue weighted by Crippen LogP contribution is -2.11. The molecule has 0 fully saturated rings. The second kappa shape index (κ2) is 6.68. The summed E-state index contributed by atoms with van der Waals surface area (Å²) < 4.78 is 2.80. The summed E-state index contributed by atoms with van der Waals surface area (Å²) in [6.07, 6.45) is 0. The van der Waals surface area contributed by atoms with E-state index in [1.807, 2.05) is 42.5 Å². The first-order chi connectivity index (χ1) is 11.8. The molecule has 4 rings (SSSR count). The number of thiazole rings is 1. The van der Waals surface area contributed by atoms with E-state index in [-0.39, 0.29) is 5.91 Å². The van der Waals surface area contributed by atoms with E-state index in [2.05, 4.69) is 20.5 Å². The minimum Gasteiger partial charge on any atom is -0.296 e. The molecule has 0 saturated heterocycles. The lowest BCUT2D eigenvalue weighted by atomic mass is 10.2. The van der Waals surface area contributed by atoms with Gasteiger partial charge in [0.1, 0.15) is 0 Å². The zero-order chi connectivity index (χ0) is 16.4. The van der Waals surface area contributed by atoms with Gasteiger partial charge >= 0.3 is 0 Å². The number of aromatic nitrogens is 3. The third kappa shape index (κ3) is 3.30. The predicted molar refractivity (Wildman–Crippen MR) is 98.0 cm³/mol. The third-order valence-electron chi connectivity index (χ3n) is 3.11. The minimum absolute atomic E-state index is 0.191. The summed E-state index contributed by atoms with van der Waals surface area (Å²) in [4.78, 5) is 16.7. The highest BCUT2D eigenvalue weighted by Crippen LogP contribution is 2.36. The maximum atomic E-state index is 12.1. The molecule has 8 heteroatoms. The van der Waals surface area contributed by atoms with E-state index in [0.29, 0.717) is 10.7 Å². The second-order valence-corrected chi connectivity index (χ2v) is 8.25. The Morgan fingerprint density at radius 1 is 0.917 bits per heavy atom. The number of nitrogens with one attached hydrogen (secondary N) is 1. The quantitative estimate of drug-likeness (QED) is 0.534. The highest BCUT2D eigenvalue weighted by molar-refractivity contribution is 8.02. The van der Waals surface area contributed by atoms with Crippen LogP contribution in [0, 0.1) is 0 Å². The number of carbonyl (C=O) groups excluding carboxylic acids is 1. The van der Waals surface area contributed by atoms with Gasteiger partial charge in [-0.25, -0.2) is 4.98 Å². The molecule has 0 aliphatic heterocycles. The molecule has 0 saturated carbocycles. The fourth-order valence-corrected chi connectivity index (χ4v) is 5.05. The van der Waals surface area contributed by atoms with Gasteiger partial charge in [0, 0.05) is 5.56 Å². The van der Waals surface area contributed by atoms with E-state index in [9.17, 15) is 4.79 Å². The van der Waals surface area contributed by atoms with Gasteiger partial charge in [-0.3, -0.25) is 10.1 Å². The molecule has 2 aromatic heterocycles.